The number of anilines is 1. The predicted octanol–water partition coefficient (Wildman–Crippen LogP) is 5.49. The van der Waals surface area contributed by atoms with Gasteiger partial charge < -0.3 is 24.8 Å². The minimum Gasteiger partial charge on any atom is -0.410 e. The quantitative estimate of drug-likeness (QED) is 0.559. The normalized spacial score (nSPS) is 20.0. The third kappa shape index (κ3) is 5.13. The van der Waals surface area contributed by atoms with Crippen LogP contribution in [-0.4, -0.2) is 72.9 Å². The summed E-state index contributed by atoms with van der Waals surface area (Å²) >= 11 is 6.28. The van der Waals surface area contributed by atoms with E-state index in [1.807, 2.05) is 50.5 Å². The number of carbonyl (C=O) groups excluding carboxylic acids is 1. The van der Waals surface area contributed by atoms with Crippen LogP contribution in [0.25, 0.3) is 0 Å². The van der Waals surface area contributed by atoms with Gasteiger partial charge in [0.05, 0.1) is 17.4 Å². The molecule has 3 aliphatic rings. The lowest BCUT2D eigenvalue weighted by Gasteiger charge is -2.37. The lowest BCUT2D eigenvalue weighted by molar-refractivity contribution is 0.130. The summed E-state index contributed by atoms with van der Waals surface area (Å²) in [5.41, 5.74) is 4.06. The van der Waals surface area contributed by atoms with E-state index in [1.165, 1.54) is 0 Å². The second-order valence-electron chi connectivity index (χ2n) is 9.60. The Morgan fingerprint density at radius 1 is 1.17 bits per heavy atom. The zero-order valence-electron chi connectivity index (χ0n) is 20.9. The first kappa shape index (κ1) is 24.4. The topological polar surface area (TPSA) is 60.4 Å². The molecule has 7 nitrogen and oxygen atoms in total. The molecule has 2 aromatic carbocycles. The molecule has 5 rings (SSSR count). The van der Waals surface area contributed by atoms with Crippen LogP contribution < -0.4 is 10.1 Å². The van der Waals surface area contributed by atoms with Crippen molar-refractivity contribution in [1.29, 1.82) is 0 Å². The molecule has 2 unspecified atom stereocenters. The van der Waals surface area contributed by atoms with Crippen LogP contribution in [0.4, 0.5) is 16.2 Å². The Hall–Kier alpha value is -3.29. The number of allylic oxidation sites excluding steroid dienone is 2. The highest BCUT2D eigenvalue weighted by molar-refractivity contribution is 6.31. The summed E-state index contributed by atoms with van der Waals surface area (Å²) in [5, 5.41) is 4.25. The molecular weight excluding hydrogens is 474 g/mol. The van der Waals surface area contributed by atoms with Gasteiger partial charge in [0.2, 0.25) is 0 Å². The monoisotopic (exact) mass is 505 g/mol. The van der Waals surface area contributed by atoms with Gasteiger partial charge in [-0.05, 0) is 63.3 Å². The highest BCUT2D eigenvalue weighted by atomic mass is 35.5. The SMILES string of the molecule is CC(c1cccc(OC(=O)N2CCN(C3=Nc4cc(Cl)ccc4NC4C=CCC=C34)CC2)c1)N(C)C. The Labute approximate surface area is 217 Å². The van der Waals surface area contributed by atoms with Crippen molar-refractivity contribution in [3.8, 4) is 5.75 Å². The molecule has 0 saturated carbocycles. The minimum atomic E-state index is -0.316. The summed E-state index contributed by atoms with van der Waals surface area (Å²) in [4.78, 5) is 24.1. The van der Waals surface area contributed by atoms with Crippen molar-refractivity contribution in [2.75, 3.05) is 45.6 Å². The summed E-state index contributed by atoms with van der Waals surface area (Å²) in [6.07, 6.45) is 7.15. The van der Waals surface area contributed by atoms with Crippen molar-refractivity contribution >= 4 is 34.9 Å². The molecule has 188 valence electrons. The van der Waals surface area contributed by atoms with Gasteiger partial charge in [-0.15, -0.1) is 0 Å². The van der Waals surface area contributed by atoms with E-state index in [-0.39, 0.29) is 18.2 Å². The molecule has 8 heteroatoms. The standard InChI is InChI=1S/C28H32ClN5O2/c1-19(32(2)3)20-7-6-8-22(17-20)36-28(35)34-15-13-33(14-16-34)27-23-9-4-5-10-24(23)30-25-12-11-21(29)18-26(25)31-27/h5-12,17-19,24,30H,4,13-16H2,1-3H3. The number of hydrogen-bond acceptors (Lipinski definition) is 6. The van der Waals surface area contributed by atoms with E-state index < -0.39 is 0 Å². The number of hydrogen-bond donors (Lipinski definition) is 1. The summed E-state index contributed by atoms with van der Waals surface area (Å²) in [7, 11) is 4.07. The van der Waals surface area contributed by atoms with Crippen molar-refractivity contribution < 1.29 is 9.53 Å². The lowest BCUT2D eigenvalue weighted by atomic mass is 9.98. The van der Waals surface area contributed by atoms with E-state index in [4.69, 9.17) is 21.3 Å². The molecular formula is C28H32ClN5O2. The second kappa shape index (κ2) is 10.4. The average molecular weight is 506 g/mol. The molecule has 2 aliphatic heterocycles. The molecule has 0 bridgehead atoms. The number of carbonyl (C=O) groups is 1. The van der Waals surface area contributed by atoms with Crippen molar-refractivity contribution in [2.45, 2.75) is 25.4 Å². The molecule has 1 amide bonds. The third-order valence-corrected chi connectivity index (χ3v) is 7.29. The van der Waals surface area contributed by atoms with Crippen molar-refractivity contribution in [1.82, 2.24) is 14.7 Å². The van der Waals surface area contributed by atoms with Crippen molar-refractivity contribution in [2.24, 2.45) is 4.99 Å². The van der Waals surface area contributed by atoms with Crippen LogP contribution in [0.1, 0.15) is 24.9 Å². The third-order valence-electron chi connectivity index (χ3n) is 7.05. The van der Waals surface area contributed by atoms with Gasteiger partial charge in [0.25, 0.3) is 0 Å². The molecule has 2 atom stereocenters. The Bertz CT molecular complexity index is 1230. The highest BCUT2D eigenvalue weighted by Crippen LogP contribution is 2.35. The van der Waals surface area contributed by atoms with Gasteiger partial charge in [-0.2, -0.15) is 0 Å². The van der Waals surface area contributed by atoms with Crippen LogP contribution in [0.15, 0.2) is 71.3 Å². The van der Waals surface area contributed by atoms with E-state index in [1.54, 1.807) is 4.90 Å². The van der Waals surface area contributed by atoms with Gasteiger partial charge in [0.1, 0.15) is 11.6 Å². The molecule has 2 aromatic rings. The Morgan fingerprint density at radius 2 is 1.97 bits per heavy atom. The van der Waals surface area contributed by atoms with Crippen LogP contribution in [0.2, 0.25) is 5.02 Å². The van der Waals surface area contributed by atoms with E-state index in [0.717, 1.165) is 34.8 Å². The van der Waals surface area contributed by atoms with Gasteiger partial charge in [0.15, 0.2) is 0 Å². The number of rotatable bonds is 3. The van der Waals surface area contributed by atoms with E-state index in [2.05, 4.69) is 46.3 Å². The lowest BCUT2D eigenvalue weighted by Crippen LogP contribution is -2.52. The molecule has 36 heavy (non-hydrogen) atoms. The van der Waals surface area contributed by atoms with Gasteiger partial charge in [-0.1, -0.05) is 42.0 Å². The fourth-order valence-corrected chi connectivity index (χ4v) is 4.88. The molecule has 1 fully saturated rings. The molecule has 0 aromatic heterocycles. The van der Waals surface area contributed by atoms with Crippen LogP contribution in [0.3, 0.4) is 0 Å². The number of nitrogens with zero attached hydrogens (tertiary/aromatic N) is 4. The summed E-state index contributed by atoms with van der Waals surface area (Å²) < 4.78 is 5.75. The zero-order valence-corrected chi connectivity index (χ0v) is 21.7. The number of aliphatic imine (C=N–C) groups is 1. The van der Waals surface area contributed by atoms with Crippen LogP contribution >= 0.6 is 11.6 Å². The summed E-state index contributed by atoms with van der Waals surface area (Å²) in [6.45, 7) is 4.61. The largest absolute Gasteiger partial charge is 0.415 e. The van der Waals surface area contributed by atoms with Crippen molar-refractivity contribution in [3.05, 3.63) is 76.9 Å². The minimum absolute atomic E-state index is 0.0553. The Balaban J connectivity index is 1.29. The summed E-state index contributed by atoms with van der Waals surface area (Å²) in [5.74, 6) is 1.51. The first-order valence-corrected chi connectivity index (χ1v) is 12.8. The molecule has 0 spiro atoms. The van der Waals surface area contributed by atoms with Crippen LogP contribution in [0, 0.1) is 0 Å². The van der Waals surface area contributed by atoms with Gasteiger partial charge in [-0.3, -0.25) is 0 Å². The van der Waals surface area contributed by atoms with Crippen LogP contribution in [0.5, 0.6) is 5.75 Å². The van der Waals surface area contributed by atoms with E-state index in [9.17, 15) is 4.79 Å². The van der Waals surface area contributed by atoms with E-state index in [0.29, 0.717) is 37.0 Å². The number of fused-ring (bicyclic) bond motifs is 2. The Morgan fingerprint density at radius 3 is 2.75 bits per heavy atom. The number of amides is 1. The maximum atomic E-state index is 12.9. The zero-order chi connectivity index (χ0) is 25.2. The maximum absolute atomic E-state index is 12.9. The Kier molecular flexibility index (Phi) is 7.03. The number of benzene rings is 2. The van der Waals surface area contributed by atoms with E-state index >= 15 is 0 Å². The fraction of sp³-hybridized carbons (Fsp3) is 0.357. The second-order valence-corrected chi connectivity index (χ2v) is 10.0. The predicted molar refractivity (Wildman–Crippen MR) is 146 cm³/mol. The first-order valence-electron chi connectivity index (χ1n) is 12.4. The number of nitrogens with one attached hydrogen (secondary N) is 1. The van der Waals surface area contributed by atoms with Gasteiger partial charge in [0, 0.05) is 42.8 Å². The molecule has 1 saturated heterocycles. The van der Waals surface area contributed by atoms with Gasteiger partial charge in [-0.25, -0.2) is 9.79 Å². The smallest absolute Gasteiger partial charge is 0.410 e. The molecule has 1 N–H and O–H groups in total. The maximum Gasteiger partial charge on any atom is 0.415 e. The highest BCUT2D eigenvalue weighted by Gasteiger charge is 2.30. The first-order chi connectivity index (χ1) is 17.4. The number of halogens is 1. The molecule has 0 radical (unpaired) electrons. The number of amidine groups is 1. The van der Waals surface area contributed by atoms with Gasteiger partial charge >= 0.3 is 6.09 Å². The molecule has 1 aliphatic carbocycles. The average Bonchev–Trinajstić information content (AvgIpc) is 3.05. The number of ether oxygens (including phenoxy) is 1. The fourth-order valence-electron chi connectivity index (χ4n) is 4.72. The van der Waals surface area contributed by atoms with Crippen LogP contribution in [-0.2, 0) is 0 Å². The number of piperazine rings is 1. The van der Waals surface area contributed by atoms with Crippen molar-refractivity contribution in [3.63, 3.8) is 0 Å². The summed E-state index contributed by atoms with van der Waals surface area (Å²) in [6, 6.07) is 13.8. The molecule has 2 heterocycles.